The minimum atomic E-state index is 0.611. The smallest absolute Gasteiger partial charge is 0.201 e. The van der Waals surface area contributed by atoms with Crippen molar-refractivity contribution in [3.63, 3.8) is 0 Å². The lowest BCUT2D eigenvalue weighted by Crippen LogP contribution is -2.10. The number of nitrogens with two attached hydrogens (primary N) is 1. The molecule has 0 radical (unpaired) electrons. The maximum absolute atomic E-state index is 6.13. The molecule has 1 heterocycles. The average molecular weight is 273 g/mol. The normalized spacial score (nSPS) is 16.1. The number of rotatable bonds is 5. The van der Waals surface area contributed by atoms with Crippen molar-refractivity contribution in [1.82, 2.24) is 9.55 Å². The second kappa shape index (κ2) is 5.73. The molecule has 3 rings (SSSR count). The lowest BCUT2D eigenvalue weighted by molar-refractivity contribution is 0.320. The zero-order chi connectivity index (χ0) is 13.9. The zero-order valence-electron chi connectivity index (χ0n) is 12.1. The molecule has 4 heteroatoms. The van der Waals surface area contributed by atoms with Crippen LogP contribution in [-0.4, -0.2) is 16.2 Å². The van der Waals surface area contributed by atoms with Gasteiger partial charge in [0.2, 0.25) is 5.95 Å². The van der Waals surface area contributed by atoms with E-state index in [1.54, 1.807) is 0 Å². The molecule has 1 aromatic heterocycles. The average Bonchev–Trinajstić information content (AvgIpc) is 3.06. The van der Waals surface area contributed by atoms with Gasteiger partial charge in [-0.15, -0.1) is 0 Å². The lowest BCUT2D eigenvalue weighted by Gasteiger charge is -2.12. The second-order valence-corrected chi connectivity index (χ2v) is 5.70. The van der Waals surface area contributed by atoms with E-state index in [4.69, 9.17) is 10.5 Å². The highest BCUT2D eigenvalue weighted by Gasteiger charge is 2.19. The number of nitrogens with zero attached hydrogens (tertiary/aromatic N) is 2. The van der Waals surface area contributed by atoms with E-state index in [1.807, 2.05) is 12.1 Å². The molecule has 1 fully saturated rings. The second-order valence-electron chi connectivity index (χ2n) is 5.70. The van der Waals surface area contributed by atoms with Gasteiger partial charge >= 0.3 is 0 Å². The Balaban J connectivity index is 1.93. The first kappa shape index (κ1) is 13.3. The Morgan fingerprint density at radius 3 is 2.90 bits per heavy atom. The number of imidazole rings is 1. The van der Waals surface area contributed by atoms with E-state index >= 15 is 0 Å². The van der Waals surface area contributed by atoms with Crippen LogP contribution < -0.4 is 10.5 Å². The van der Waals surface area contributed by atoms with Gasteiger partial charge in [-0.2, -0.15) is 0 Å². The molecule has 1 saturated carbocycles. The van der Waals surface area contributed by atoms with Crippen LogP contribution in [0.2, 0.25) is 0 Å². The van der Waals surface area contributed by atoms with E-state index in [-0.39, 0.29) is 0 Å². The fraction of sp³-hybridized carbons (Fsp3) is 0.562. The Hall–Kier alpha value is -1.71. The van der Waals surface area contributed by atoms with Crippen LogP contribution in [0.1, 0.15) is 39.0 Å². The van der Waals surface area contributed by atoms with Crippen molar-refractivity contribution in [2.24, 2.45) is 5.92 Å². The first-order chi connectivity index (χ1) is 9.79. The van der Waals surface area contributed by atoms with Gasteiger partial charge in [0.05, 0.1) is 12.1 Å². The summed E-state index contributed by atoms with van der Waals surface area (Å²) in [7, 11) is 0. The predicted octanol–water partition coefficient (Wildman–Crippen LogP) is 3.60. The van der Waals surface area contributed by atoms with Gasteiger partial charge in [-0.3, -0.25) is 0 Å². The minimum Gasteiger partial charge on any atom is -0.491 e. The van der Waals surface area contributed by atoms with Gasteiger partial charge in [0, 0.05) is 6.54 Å². The summed E-state index contributed by atoms with van der Waals surface area (Å²) in [6.07, 6.45) is 6.31. The summed E-state index contributed by atoms with van der Waals surface area (Å²) in [4.78, 5) is 4.52. The molecule has 2 N–H and O–H groups in total. The van der Waals surface area contributed by atoms with E-state index in [1.165, 1.54) is 25.7 Å². The van der Waals surface area contributed by atoms with Gasteiger partial charge in [0.1, 0.15) is 11.3 Å². The lowest BCUT2D eigenvalue weighted by atomic mass is 10.1. The predicted molar refractivity (Wildman–Crippen MR) is 81.9 cm³/mol. The maximum atomic E-state index is 6.13. The number of benzene rings is 1. The maximum Gasteiger partial charge on any atom is 0.201 e. The van der Waals surface area contributed by atoms with Gasteiger partial charge in [-0.25, -0.2) is 4.98 Å². The fourth-order valence-corrected chi connectivity index (χ4v) is 3.11. The van der Waals surface area contributed by atoms with Gasteiger partial charge in [0.25, 0.3) is 0 Å². The number of hydrogen-bond donors (Lipinski definition) is 1. The molecule has 1 aliphatic carbocycles. The van der Waals surface area contributed by atoms with Crippen LogP contribution in [0.3, 0.4) is 0 Å². The largest absolute Gasteiger partial charge is 0.491 e. The molecule has 0 unspecified atom stereocenters. The van der Waals surface area contributed by atoms with Crippen molar-refractivity contribution in [1.29, 1.82) is 0 Å². The third-order valence-electron chi connectivity index (χ3n) is 4.15. The Morgan fingerprint density at radius 2 is 2.15 bits per heavy atom. The summed E-state index contributed by atoms with van der Waals surface area (Å²) in [6, 6.07) is 6.09. The van der Waals surface area contributed by atoms with Crippen molar-refractivity contribution < 1.29 is 4.74 Å². The topological polar surface area (TPSA) is 53.1 Å². The summed E-state index contributed by atoms with van der Waals surface area (Å²) >= 11 is 0. The Bertz CT molecular complexity index is 585. The Kier molecular flexibility index (Phi) is 3.81. The third-order valence-corrected chi connectivity index (χ3v) is 4.15. The van der Waals surface area contributed by atoms with Crippen molar-refractivity contribution in [2.45, 2.75) is 45.6 Å². The van der Waals surface area contributed by atoms with Gasteiger partial charge in [-0.1, -0.05) is 25.8 Å². The van der Waals surface area contributed by atoms with Crippen molar-refractivity contribution in [2.75, 3.05) is 12.3 Å². The molecule has 0 amide bonds. The van der Waals surface area contributed by atoms with Crippen LogP contribution >= 0.6 is 0 Å². The number of aromatic nitrogens is 2. The summed E-state index contributed by atoms with van der Waals surface area (Å²) < 4.78 is 7.93. The standard InChI is InChI=1S/C16H23N3O/c1-2-10-20-14-9-5-8-13-15(14)18-16(17)19(13)11-12-6-3-4-7-12/h5,8-9,12H,2-4,6-7,10-11H2,1H3,(H2,17,18). The first-order valence-electron chi connectivity index (χ1n) is 7.67. The molecular weight excluding hydrogens is 250 g/mol. The number of anilines is 1. The molecule has 1 aliphatic rings. The van der Waals surface area contributed by atoms with Gasteiger partial charge in [-0.05, 0) is 37.3 Å². The molecule has 0 aliphatic heterocycles. The quantitative estimate of drug-likeness (QED) is 0.905. The molecule has 108 valence electrons. The zero-order valence-corrected chi connectivity index (χ0v) is 12.1. The number of fused-ring (bicyclic) bond motifs is 1. The Morgan fingerprint density at radius 1 is 1.35 bits per heavy atom. The number of nitrogen functional groups attached to an aromatic ring is 1. The van der Waals surface area contributed by atoms with E-state index in [0.717, 1.165) is 35.7 Å². The monoisotopic (exact) mass is 273 g/mol. The molecule has 2 aromatic rings. The van der Waals surface area contributed by atoms with Gasteiger partial charge in [0.15, 0.2) is 0 Å². The summed E-state index contributed by atoms with van der Waals surface area (Å²) in [5, 5.41) is 0. The van der Waals surface area contributed by atoms with Crippen LogP contribution in [0.5, 0.6) is 5.75 Å². The minimum absolute atomic E-state index is 0.611. The first-order valence-corrected chi connectivity index (χ1v) is 7.67. The molecule has 1 aromatic carbocycles. The van der Waals surface area contributed by atoms with Crippen LogP contribution in [-0.2, 0) is 6.54 Å². The molecule has 0 bridgehead atoms. The molecule has 0 atom stereocenters. The van der Waals surface area contributed by atoms with Crippen LogP contribution in [0.25, 0.3) is 11.0 Å². The fourth-order valence-electron chi connectivity index (χ4n) is 3.11. The van der Waals surface area contributed by atoms with E-state index < -0.39 is 0 Å². The van der Waals surface area contributed by atoms with Crippen molar-refractivity contribution in [3.05, 3.63) is 18.2 Å². The summed E-state index contributed by atoms with van der Waals surface area (Å²) in [5.74, 6) is 2.20. The van der Waals surface area contributed by atoms with E-state index in [0.29, 0.717) is 12.6 Å². The molecule has 20 heavy (non-hydrogen) atoms. The summed E-state index contributed by atoms with van der Waals surface area (Å²) in [5.41, 5.74) is 8.12. The van der Waals surface area contributed by atoms with E-state index in [9.17, 15) is 0 Å². The molecular formula is C16H23N3O. The number of ether oxygens (including phenoxy) is 1. The van der Waals surface area contributed by atoms with Crippen molar-refractivity contribution in [3.8, 4) is 5.75 Å². The van der Waals surface area contributed by atoms with Crippen LogP contribution in [0, 0.1) is 5.92 Å². The van der Waals surface area contributed by atoms with Crippen molar-refractivity contribution >= 4 is 17.0 Å². The Labute approximate surface area is 119 Å². The third kappa shape index (κ3) is 2.47. The summed E-state index contributed by atoms with van der Waals surface area (Å²) in [6.45, 7) is 3.81. The highest BCUT2D eigenvalue weighted by molar-refractivity contribution is 5.84. The molecule has 0 spiro atoms. The highest BCUT2D eigenvalue weighted by Crippen LogP contribution is 2.31. The SMILES string of the molecule is CCCOc1cccc2c1nc(N)n2CC1CCCC1. The molecule has 4 nitrogen and oxygen atoms in total. The highest BCUT2D eigenvalue weighted by atomic mass is 16.5. The number of hydrogen-bond acceptors (Lipinski definition) is 3. The van der Waals surface area contributed by atoms with Crippen LogP contribution in [0.4, 0.5) is 5.95 Å². The molecule has 0 saturated heterocycles. The van der Waals surface area contributed by atoms with Crippen LogP contribution in [0.15, 0.2) is 18.2 Å². The van der Waals surface area contributed by atoms with E-state index in [2.05, 4.69) is 22.5 Å². The number of para-hydroxylation sites is 1. The van der Waals surface area contributed by atoms with Gasteiger partial charge < -0.3 is 15.0 Å².